The normalized spacial score (nSPS) is 23.6. The first kappa shape index (κ1) is 10.5. The van der Waals surface area contributed by atoms with Crippen molar-refractivity contribution in [2.24, 2.45) is 5.41 Å². The van der Waals surface area contributed by atoms with Gasteiger partial charge in [-0.05, 0) is 19.3 Å². The molecule has 1 saturated carbocycles. The van der Waals surface area contributed by atoms with Gasteiger partial charge in [-0.2, -0.15) is 0 Å². The van der Waals surface area contributed by atoms with Crippen LogP contribution in [0.1, 0.15) is 32.6 Å². The molecule has 4 heteroatoms. The average Bonchev–Trinajstić information content (AvgIpc) is 2.84. The maximum Gasteiger partial charge on any atom is 0.336 e. The van der Waals surface area contributed by atoms with Gasteiger partial charge in [0.2, 0.25) is 0 Å². The van der Waals surface area contributed by atoms with Crippen molar-refractivity contribution in [2.75, 3.05) is 6.61 Å². The standard InChI is InChI=1S/C9H16O4/c1-2-3-9(13,7(11)12)8(6-10)4-5-8/h10,13H,2-6H2,1H3,(H,11,12). The fourth-order valence-corrected chi connectivity index (χ4v) is 1.81. The molecule has 0 aliphatic heterocycles. The Morgan fingerprint density at radius 3 is 2.31 bits per heavy atom. The Hall–Kier alpha value is -0.610. The van der Waals surface area contributed by atoms with Crippen LogP contribution >= 0.6 is 0 Å². The molecule has 1 unspecified atom stereocenters. The molecule has 0 bridgehead atoms. The minimum Gasteiger partial charge on any atom is -0.479 e. The molecular formula is C9H16O4. The summed E-state index contributed by atoms with van der Waals surface area (Å²) in [5.74, 6) is -1.21. The first-order chi connectivity index (χ1) is 6.02. The van der Waals surface area contributed by atoms with Gasteiger partial charge in [0.15, 0.2) is 5.60 Å². The molecule has 0 aromatic rings. The molecule has 1 fully saturated rings. The fourth-order valence-electron chi connectivity index (χ4n) is 1.81. The first-order valence-corrected chi connectivity index (χ1v) is 4.59. The van der Waals surface area contributed by atoms with Crippen molar-refractivity contribution in [3.63, 3.8) is 0 Å². The average molecular weight is 188 g/mol. The molecule has 0 amide bonds. The molecule has 76 valence electrons. The summed E-state index contributed by atoms with van der Waals surface area (Å²) in [4.78, 5) is 10.9. The Balaban J connectivity index is 2.84. The molecule has 0 heterocycles. The lowest BCUT2D eigenvalue weighted by molar-refractivity contribution is -0.171. The molecule has 0 spiro atoms. The van der Waals surface area contributed by atoms with Crippen LogP contribution in [0.5, 0.6) is 0 Å². The maximum absolute atomic E-state index is 10.9. The zero-order chi connectivity index (χ0) is 10.1. The molecule has 4 nitrogen and oxygen atoms in total. The molecule has 1 aliphatic carbocycles. The van der Waals surface area contributed by atoms with E-state index in [-0.39, 0.29) is 13.0 Å². The topological polar surface area (TPSA) is 77.8 Å². The highest BCUT2D eigenvalue weighted by molar-refractivity contribution is 5.79. The molecule has 3 N–H and O–H groups in total. The summed E-state index contributed by atoms with van der Waals surface area (Å²) in [6, 6.07) is 0. The lowest BCUT2D eigenvalue weighted by Gasteiger charge is -2.31. The van der Waals surface area contributed by atoms with Crippen molar-refractivity contribution >= 4 is 5.97 Å². The van der Waals surface area contributed by atoms with Crippen LogP contribution in [0.2, 0.25) is 0 Å². The van der Waals surface area contributed by atoms with E-state index < -0.39 is 17.0 Å². The Kier molecular flexibility index (Phi) is 2.63. The Morgan fingerprint density at radius 2 is 2.08 bits per heavy atom. The summed E-state index contributed by atoms with van der Waals surface area (Å²) in [5, 5.41) is 27.9. The van der Waals surface area contributed by atoms with Crippen LogP contribution in [-0.2, 0) is 4.79 Å². The first-order valence-electron chi connectivity index (χ1n) is 4.59. The maximum atomic E-state index is 10.9. The third-order valence-corrected chi connectivity index (χ3v) is 3.00. The smallest absolute Gasteiger partial charge is 0.336 e. The highest BCUT2D eigenvalue weighted by Gasteiger charge is 2.62. The van der Waals surface area contributed by atoms with E-state index in [4.69, 9.17) is 10.2 Å². The quantitative estimate of drug-likeness (QED) is 0.582. The summed E-state index contributed by atoms with van der Waals surface area (Å²) >= 11 is 0. The van der Waals surface area contributed by atoms with Gasteiger partial charge < -0.3 is 15.3 Å². The lowest BCUT2D eigenvalue weighted by atomic mass is 9.81. The van der Waals surface area contributed by atoms with E-state index in [2.05, 4.69) is 0 Å². The van der Waals surface area contributed by atoms with Crippen LogP contribution in [0.15, 0.2) is 0 Å². The van der Waals surface area contributed by atoms with E-state index in [1.165, 1.54) is 0 Å². The van der Waals surface area contributed by atoms with Crippen LogP contribution in [0.3, 0.4) is 0 Å². The molecular weight excluding hydrogens is 172 g/mol. The van der Waals surface area contributed by atoms with Crippen LogP contribution in [0, 0.1) is 5.41 Å². The Bertz CT molecular complexity index is 210. The second kappa shape index (κ2) is 3.27. The SMILES string of the molecule is CCCC(O)(C(=O)O)C1(CO)CC1. The van der Waals surface area contributed by atoms with Crippen molar-refractivity contribution in [3.8, 4) is 0 Å². The van der Waals surface area contributed by atoms with E-state index in [1.54, 1.807) is 0 Å². The van der Waals surface area contributed by atoms with E-state index in [0.717, 1.165) is 0 Å². The van der Waals surface area contributed by atoms with E-state index in [1.807, 2.05) is 6.92 Å². The summed E-state index contributed by atoms with van der Waals surface area (Å²) < 4.78 is 0. The number of carbonyl (C=O) groups is 1. The Labute approximate surface area is 77.2 Å². The molecule has 1 rings (SSSR count). The molecule has 1 atom stereocenters. The molecule has 0 radical (unpaired) electrons. The van der Waals surface area contributed by atoms with Crippen molar-refractivity contribution in [3.05, 3.63) is 0 Å². The highest BCUT2D eigenvalue weighted by atomic mass is 16.4. The zero-order valence-electron chi connectivity index (χ0n) is 7.79. The summed E-state index contributed by atoms with van der Waals surface area (Å²) in [6.07, 6.45) is 2.02. The lowest BCUT2D eigenvalue weighted by Crippen LogP contribution is -2.49. The highest BCUT2D eigenvalue weighted by Crippen LogP contribution is 2.55. The van der Waals surface area contributed by atoms with Crippen LogP contribution in [0.4, 0.5) is 0 Å². The molecule has 0 saturated heterocycles. The van der Waals surface area contributed by atoms with Gasteiger partial charge in [-0.3, -0.25) is 0 Å². The second-order valence-electron chi connectivity index (χ2n) is 3.85. The number of aliphatic hydroxyl groups is 2. The fraction of sp³-hybridized carbons (Fsp3) is 0.889. The largest absolute Gasteiger partial charge is 0.479 e. The summed E-state index contributed by atoms with van der Waals surface area (Å²) in [7, 11) is 0. The third kappa shape index (κ3) is 1.44. The van der Waals surface area contributed by atoms with Gasteiger partial charge in [-0.25, -0.2) is 4.79 Å². The van der Waals surface area contributed by atoms with Gasteiger partial charge >= 0.3 is 5.97 Å². The zero-order valence-corrected chi connectivity index (χ0v) is 7.79. The number of carboxylic acid groups (broad SMARTS) is 1. The number of hydrogen-bond donors (Lipinski definition) is 3. The van der Waals surface area contributed by atoms with Gasteiger partial charge in [-0.15, -0.1) is 0 Å². The van der Waals surface area contributed by atoms with Gasteiger partial charge in [0.25, 0.3) is 0 Å². The van der Waals surface area contributed by atoms with Crippen molar-refractivity contribution in [1.82, 2.24) is 0 Å². The predicted octanol–water partition coefficient (Wildman–Crippen LogP) is 0.375. The third-order valence-electron chi connectivity index (χ3n) is 3.00. The van der Waals surface area contributed by atoms with Gasteiger partial charge in [-0.1, -0.05) is 13.3 Å². The van der Waals surface area contributed by atoms with Gasteiger partial charge in [0.05, 0.1) is 6.61 Å². The second-order valence-corrected chi connectivity index (χ2v) is 3.85. The minimum atomic E-state index is -1.73. The van der Waals surface area contributed by atoms with Gasteiger partial charge in [0.1, 0.15) is 0 Å². The van der Waals surface area contributed by atoms with E-state index >= 15 is 0 Å². The number of aliphatic carboxylic acids is 1. The summed E-state index contributed by atoms with van der Waals surface area (Å²) in [5.41, 5.74) is -2.49. The van der Waals surface area contributed by atoms with E-state index in [0.29, 0.717) is 19.3 Å². The van der Waals surface area contributed by atoms with Crippen LogP contribution in [0.25, 0.3) is 0 Å². The van der Waals surface area contributed by atoms with Crippen molar-refractivity contribution in [2.45, 2.75) is 38.2 Å². The van der Waals surface area contributed by atoms with Crippen LogP contribution < -0.4 is 0 Å². The molecule has 13 heavy (non-hydrogen) atoms. The van der Waals surface area contributed by atoms with Gasteiger partial charge in [0, 0.05) is 5.41 Å². The summed E-state index contributed by atoms with van der Waals surface area (Å²) in [6.45, 7) is 1.58. The molecule has 1 aliphatic rings. The van der Waals surface area contributed by atoms with Crippen LogP contribution in [-0.4, -0.2) is 33.5 Å². The molecule has 0 aromatic heterocycles. The predicted molar refractivity (Wildman–Crippen MR) is 46.2 cm³/mol. The number of hydrogen-bond acceptors (Lipinski definition) is 3. The molecule has 0 aromatic carbocycles. The number of rotatable bonds is 5. The minimum absolute atomic E-state index is 0.211. The monoisotopic (exact) mass is 188 g/mol. The van der Waals surface area contributed by atoms with E-state index in [9.17, 15) is 9.90 Å². The number of aliphatic hydroxyl groups excluding tert-OH is 1. The van der Waals surface area contributed by atoms with Crippen molar-refractivity contribution in [1.29, 1.82) is 0 Å². The Morgan fingerprint density at radius 1 is 1.54 bits per heavy atom. The van der Waals surface area contributed by atoms with Crippen molar-refractivity contribution < 1.29 is 20.1 Å². The number of carboxylic acids is 1.